The molecule has 0 radical (unpaired) electrons. The van der Waals surface area contributed by atoms with Crippen molar-refractivity contribution in [1.82, 2.24) is 0 Å². The summed E-state index contributed by atoms with van der Waals surface area (Å²) < 4.78 is 99.3. The first-order valence-electron chi connectivity index (χ1n) is 4.17. The van der Waals surface area contributed by atoms with Crippen molar-refractivity contribution in [1.29, 1.82) is 0 Å². The van der Waals surface area contributed by atoms with Gasteiger partial charge in [0.05, 0.1) is 5.56 Å². The van der Waals surface area contributed by atoms with Crippen LogP contribution in [0.15, 0.2) is 24.3 Å². The molecule has 1 rings (SSSR count). The van der Waals surface area contributed by atoms with Gasteiger partial charge < -0.3 is 0 Å². The lowest BCUT2D eigenvalue weighted by Crippen LogP contribution is -1.97. The zero-order valence-corrected chi connectivity index (χ0v) is 8.18. The summed E-state index contributed by atoms with van der Waals surface area (Å²) in [6, 6.07) is -0.0554. The van der Waals surface area contributed by atoms with Gasteiger partial charge >= 0.3 is 12.2 Å². The SMILES string of the molecule is FC(F)=C(F)c1cc(F)cc(F)c1C(F)=C(F)F. The molecule has 0 saturated heterocycles. The van der Waals surface area contributed by atoms with Crippen LogP contribution in [0.1, 0.15) is 11.1 Å². The van der Waals surface area contributed by atoms with Crippen LogP contribution in [0.5, 0.6) is 0 Å². The minimum atomic E-state index is -3.05. The van der Waals surface area contributed by atoms with E-state index < -0.39 is 46.6 Å². The van der Waals surface area contributed by atoms with Crippen LogP contribution in [-0.4, -0.2) is 0 Å². The second-order valence-corrected chi connectivity index (χ2v) is 2.96. The van der Waals surface area contributed by atoms with Gasteiger partial charge in [-0.05, 0) is 6.07 Å². The Morgan fingerprint density at radius 1 is 0.722 bits per heavy atom. The lowest BCUT2D eigenvalue weighted by atomic mass is 10.0. The summed E-state index contributed by atoms with van der Waals surface area (Å²) in [4.78, 5) is 0. The highest BCUT2D eigenvalue weighted by molar-refractivity contribution is 5.75. The molecular weight excluding hydrogens is 272 g/mol. The summed E-state index contributed by atoms with van der Waals surface area (Å²) >= 11 is 0. The van der Waals surface area contributed by atoms with Gasteiger partial charge in [-0.15, -0.1) is 0 Å². The Morgan fingerprint density at radius 2 is 1.22 bits per heavy atom. The van der Waals surface area contributed by atoms with Crippen LogP contribution in [0.4, 0.5) is 35.1 Å². The van der Waals surface area contributed by atoms with Crippen molar-refractivity contribution in [3.8, 4) is 0 Å². The van der Waals surface area contributed by atoms with E-state index in [1.54, 1.807) is 0 Å². The van der Waals surface area contributed by atoms with Crippen molar-refractivity contribution in [2.45, 2.75) is 0 Å². The summed E-state index contributed by atoms with van der Waals surface area (Å²) in [6.07, 6.45) is -6.07. The molecule has 0 aromatic heterocycles. The molecule has 18 heavy (non-hydrogen) atoms. The molecule has 1 aromatic carbocycles. The van der Waals surface area contributed by atoms with Gasteiger partial charge in [0.25, 0.3) is 0 Å². The molecule has 0 fully saturated rings. The normalized spacial score (nSPS) is 10.2. The van der Waals surface area contributed by atoms with Gasteiger partial charge in [0.2, 0.25) is 0 Å². The highest BCUT2D eigenvalue weighted by Gasteiger charge is 2.24. The Kier molecular flexibility index (Phi) is 4.10. The monoisotopic (exact) mass is 274 g/mol. The van der Waals surface area contributed by atoms with E-state index in [4.69, 9.17) is 0 Å². The highest BCUT2D eigenvalue weighted by atomic mass is 19.3. The van der Waals surface area contributed by atoms with Crippen molar-refractivity contribution in [2.75, 3.05) is 0 Å². The number of hydrogen-bond acceptors (Lipinski definition) is 0. The summed E-state index contributed by atoms with van der Waals surface area (Å²) in [5.41, 5.74) is -3.39. The fraction of sp³-hybridized carbons (Fsp3) is 0. The van der Waals surface area contributed by atoms with Crippen LogP contribution in [0.2, 0.25) is 0 Å². The van der Waals surface area contributed by atoms with Crippen molar-refractivity contribution < 1.29 is 35.1 Å². The van der Waals surface area contributed by atoms with Crippen molar-refractivity contribution in [3.05, 3.63) is 47.1 Å². The standard InChI is InChI=1S/C10H2F8/c11-3-1-4(7(13)9(15)16)6(5(12)2-3)8(14)10(17)18/h1-2H. The molecule has 0 N–H and O–H groups in total. The van der Waals surface area contributed by atoms with E-state index in [0.29, 0.717) is 0 Å². The maximum atomic E-state index is 13.1. The topological polar surface area (TPSA) is 0 Å². The van der Waals surface area contributed by atoms with Crippen molar-refractivity contribution >= 4 is 11.7 Å². The van der Waals surface area contributed by atoms with Crippen LogP contribution in [0, 0.1) is 11.6 Å². The lowest BCUT2D eigenvalue weighted by molar-refractivity contribution is 0.406. The number of rotatable bonds is 2. The van der Waals surface area contributed by atoms with E-state index in [1.165, 1.54) is 0 Å². The molecule has 98 valence electrons. The molecule has 0 amide bonds. The summed E-state index contributed by atoms with van der Waals surface area (Å²) in [5.74, 6) is -8.47. The first kappa shape index (κ1) is 14.2. The van der Waals surface area contributed by atoms with E-state index in [2.05, 4.69) is 0 Å². The van der Waals surface area contributed by atoms with E-state index >= 15 is 0 Å². The summed E-state index contributed by atoms with van der Waals surface area (Å²) in [7, 11) is 0. The van der Waals surface area contributed by atoms with Crippen LogP contribution < -0.4 is 0 Å². The molecular formula is C10H2F8. The molecule has 8 heteroatoms. The quantitative estimate of drug-likeness (QED) is 0.663. The molecule has 1 aromatic rings. The van der Waals surface area contributed by atoms with Crippen molar-refractivity contribution in [3.63, 3.8) is 0 Å². The molecule has 0 aliphatic rings. The Balaban J connectivity index is 3.71. The first-order valence-corrected chi connectivity index (χ1v) is 4.17. The van der Waals surface area contributed by atoms with Crippen LogP contribution in [0.3, 0.4) is 0 Å². The Labute approximate surface area is 94.8 Å². The van der Waals surface area contributed by atoms with E-state index in [-0.39, 0.29) is 12.1 Å². The maximum Gasteiger partial charge on any atom is 0.306 e. The molecule has 0 aliphatic heterocycles. The number of halogens is 8. The average molecular weight is 274 g/mol. The molecule has 0 saturated carbocycles. The van der Waals surface area contributed by atoms with Crippen molar-refractivity contribution in [2.24, 2.45) is 0 Å². The van der Waals surface area contributed by atoms with Gasteiger partial charge in [-0.1, -0.05) is 0 Å². The minimum Gasteiger partial charge on any atom is -0.207 e. The fourth-order valence-electron chi connectivity index (χ4n) is 1.17. The second kappa shape index (κ2) is 5.19. The lowest BCUT2D eigenvalue weighted by Gasteiger charge is -2.07. The molecule has 0 heterocycles. The van der Waals surface area contributed by atoms with Crippen LogP contribution >= 0.6 is 0 Å². The predicted molar refractivity (Wildman–Crippen MR) is 46.8 cm³/mol. The van der Waals surface area contributed by atoms with Gasteiger partial charge in [-0.3, -0.25) is 0 Å². The first-order chi connectivity index (χ1) is 8.25. The third kappa shape index (κ3) is 2.69. The van der Waals surface area contributed by atoms with E-state index in [1.807, 2.05) is 0 Å². The Morgan fingerprint density at radius 3 is 1.67 bits per heavy atom. The largest absolute Gasteiger partial charge is 0.306 e. The van der Waals surface area contributed by atoms with Crippen LogP contribution in [-0.2, 0) is 0 Å². The van der Waals surface area contributed by atoms with Crippen LogP contribution in [0.25, 0.3) is 11.7 Å². The van der Waals surface area contributed by atoms with Gasteiger partial charge in [0.15, 0.2) is 11.7 Å². The molecule has 0 aliphatic carbocycles. The molecule has 0 atom stereocenters. The average Bonchev–Trinajstić information content (AvgIpc) is 2.25. The molecule has 0 unspecified atom stereocenters. The third-order valence-corrected chi connectivity index (χ3v) is 1.84. The van der Waals surface area contributed by atoms with Gasteiger partial charge in [-0.25, -0.2) is 17.6 Å². The zero-order chi connectivity index (χ0) is 14.0. The molecule has 0 bridgehead atoms. The number of hydrogen-bond donors (Lipinski definition) is 0. The fourth-order valence-corrected chi connectivity index (χ4v) is 1.17. The molecule has 0 nitrogen and oxygen atoms in total. The zero-order valence-electron chi connectivity index (χ0n) is 8.18. The second-order valence-electron chi connectivity index (χ2n) is 2.96. The summed E-state index contributed by atoms with van der Waals surface area (Å²) in [6.45, 7) is 0. The predicted octanol–water partition coefficient (Wildman–Crippen LogP) is 5.03. The smallest absolute Gasteiger partial charge is 0.207 e. The highest BCUT2D eigenvalue weighted by Crippen LogP contribution is 2.34. The summed E-state index contributed by atoms with van der Waals surface area (Å²) in [5, 5.41) is 0. The van der Waals surface area contributed by atoms with Gasteiger partial charge in [0, 0.05) is 11.6 Å². The third-order valence-electron chi connectivity index (χ3n) is 1.84. The Hall–Kier alpha value is -1.86. The minimum absolute atomic E-state index is 0.0184. The van der Waals surface area contributed by atoms with E-state index in [9.17, 15) is 35.1 Å². The van der Waals surface area contributed by atoms with E-state index in [0.717, 1.165) is 0 Å². The maximum absolute atomic E-state index is 13.1. The van der Waals surface area contributed by atoms with Gasteiger partial charge in [-0.2, -0.15) is 17.6 Å². The van der Waals surface area contributed by atoms with Gasteiger partial charge in [0.1, 0.15) is 11.6 Å². The number of benzene rings is 1. The Bertz CT molecular complexity index is 535. The molecule has 0 spiro atoms.